The van der Waals surface area contributed by atoms with Crippen LogP contribution in [0.2, 0.25) is 0 Å². The van der Waals surface area contributed by atoms with E-state index in [-0.39, 0.29) is 34.7 Å². The average molecular weight is 382 g/mol. The third kappa shape index (κ3) is 2.70. The van der Waals surface area contributed by atoms with E-state index in [1.54, 1.807) is 36.4 Å². The van der Waals surface area contributed by atoms with Crippen molar-refractivity contribution in [1.82, 2.24) is 0 Å². The molecular weight excluding hydrogens is 356 g/mol. The fraction of sp³-hybridized carbons (Fsp3) is 0.455. The molecule has 28 heavy (non-hydrogen) atoms. The largest absolute Gasteiger partial charge is 0.506 e. The lowest BCUT2D eigenvalue weighted by atomic mass is 9.53. The Balaban J connectivity index is 1.54. The highest BCUT2D eigenvalue weighted by Crippen LogP contribution is 2.60. The van der Waals surface area contributed by atoms with Crippen LogP contribution < -0.4 is 20.9 Å². The lowest BCUT2D eigenvalue weighted by Crippen LogP contribution is -2.64. The van der Waals surface area contributed by atoms with Crippen molar-refractivity contribution in [2.24, 2.45) is 23.7 Å². The zero-order valence-corrected chi connectivity index (χ0v) is 15.7. The fourth-order valence-electron chi connectivity index (χ4n) is 5.76. The number of ether oxygens (including phenoxy) is 2. The Labute approximate surface area is 164 Å². The van der Waals surface area contributed by atoms with Crippen LogP contribution in [0.25, 0.3) is 0 Å². The first-order valence-corrected chi connectivity index (χ1v) is 9.98. The van der Waals surface area contributed by atoms with Gasteiger partial charge in [0.05, 0.1) is 11.4 Å². The van der Waals surface area contributed by atoms with E-state index in [1.807, 2.05) is 0 Å². The maximum Gasteiger partial charge on any atom is 0.256 e. The molecule has 0 atom stereocenters. The maximum absolute atomic E-state index is 9.76. The van der Waals surface area contributed by atoms with Crippen LogP contribution in [0, 0.1) is 23.7 Å². The van der Waals surface area contributed by atoms with Crippen molar-refractivity contribution < 1.29 is 19.7 Å². The molecule has 0 aliphatic heterocycles. The Kier molecular flexibility index (Phi) is 3.79. The Morgan fingerprint density at radius 2 is 1.14 bits per heavy atom. The Morgan fingerprint density at radius 1 is 0.714 bits per heavy atom. The molecule has 0 radical (unpaired) electrons. The van der Waals surface area contributed by atoms with Crippen LogP contribution in [0.15, 0.2) is 36.4 Å². The quantitative estimate of drug-likeness (QED) is 0.363. The number of phenolic OH excluding ortho intramolecular Hbond substituents is 2. The zero-order chi connectivity index (χ0) is 19.5. The van der Waals surface area contributed by atoms with Gasteiger partial charge in [0, 0.05) is 24.0 Å². The van der Waals surface area contributed by atoms with Crippen LogP contribution in [0.5, 0.6) is 23.0 Å². The predicted molar refractivity (Wildman–Crippen MR) is 106 cm³/mol. The van der Waals surface area contributed by atoms with E-state index in [2.05, 4.69) is 0 Å². The molecule has 0 amide bonds. The standard InChI is InChI=1S/C22H26N2O4/c23-18-10-16(1-3-20(18)25)27-22(28-17-2-4-21(26)19(24)11-17)14-6-12-5-13(8-14)9-15(22)7-12/h1-4,10-15,25-26H,5-9,23-24H2. The summed E-state index contributed by atoms with van der Waals surface area (Å²) in [6.45, 7) is 0. The van der Waals surface area contributed by atoms with Gasteiger partial charge < -0.3 is 31.2 Å². The summed E-state index contributed by atoms with van der Waals surface area (Å²) in [5.41, 5.74) is 12.3. The monoisotopic (exact) mass is 382 g/mol. The number of aromatic hydroxyl groups is 2. The highest BCUT2D eigenvalue weighted by Gasteiger charge is 2.61. The predicted octanol–water partition coefficient (Wildman–Crippen LogP) is 3.87. The number of rotatable bonds is 4. The van der Waals surface area contributed by atoms with Gasteiger partial charge in [-0.3, -0.25) is 0 Å². The summed E-state index contributed by atoms with van der Waals surface area (Å²) in [7, 11) is 0. The summed E-state index contributed by atoms with van der Waals surface area (Å²) < 4.78 is 13.1. The fourth-order valence-corrected chi connectivity index (χ4v) is 5.76. The van der Waals surface area contributed by atoms with Crippen LogP contribution in [0.1, 0.15) is 32.1 Å². The molecule has 4 fully saturated rings. The van der Waals surface area contributed by atoms with Crippen LogP contribution in [-0.4, -0.2) is 16.0 Å². The van der Waals surface area contributed by atoms with Gasteiger partial charge in [-0.2, -0.15) is 0 Å². The second-order valence-corrected chi connectivity index (χ2v) is 8.67. The third-order valence-electron chi connectivity index (χ3n) is 6.83. The minimum Gasteiger partial charge on any atom is -0.506 e. The molecule has 2 aromatic rings. The van der Waals surface area contributed by atoms with E-state index in [9.17, 15) is 10.2 Å². The first-order valence-electron chi connectivity index (χ1n) is 9.98. The van der Waals surface area contributed by atoms with Crippen LogP contribution in [0.3, 0.4) is 0 Å². The van der Waals surface area contributed by atoms with Crippen LogP contribution in [-0.2, 0) is 0 Å². The van der Waals surface area contributed by atoms with Gasteiger partial charge in [0.15, 0.2) is 0 Å². The third-order valence-corrected chi connectivity index (χ3v) is 6.83. The molecule has 0 spiro atoms. The summed E-state index contributed by atoms with van der Waals surface area (Å²) in [6.07, 6.45) is 5.69. The molecular formula is C22H26N2O4. The smallest absolute Gasteiger partial charge is 0.256 e. The molecule has 0 saturated heterocycles. The summed E-state index contributed by atoms with van der Waals surface area (Å²) in [6, 6.07) is 9.85. The molecule has 4 aliphatic carbocycles. The van der Waals surface area contributed by atoms with E-state index in [4.69, 9.17) is 20.9 Å². The number of nitrogen functional groups attached to an aromatic ring is 2. The first kappa shape index (κ1) is 17.3. The molecule has 148 valence electrons. The number of nitrogens with two attached hydrogens (primary N) is 2. The molecule has 0 unspecified atom stereocenters. The van der Waals surface area contributed by atoms with E-state index < -0.39 is 5.79 Å². The highest BCUT2D eigenvalue weighted by molar-refractivity contribution is 5.56. The van der Waals surface area contributed by atoms with E-state index >= 15 is 0 Å². The molecule has 6 rings (SSSR count). The minimum absolute atomic E-state index is 0.0405. The van der Waals surface area contributed by atoms with Crippen LogP contribution >= 0.6 is 0 Å². The molecule has 6 heteroatoms. The topological polar surface area (TPSA) is 111 Å². The van der Waals surface area contributed by atoms with Crippen molar-refractivity contribution in [2.75, 3.05) is 11.5 Å². The van der Waals surface area contributed by atoms with E-state index in [0.29, 0.717) is 11.5 Å². The van der Waals surface area contributed by atoms with Crippen molar-refractivity contribution in [3.63, 3.8) is 0 Å². The number of hydrogen-bond acceptors (Lipinski definition) is 6. The number of phenols is 2. The van der Waals surface area contributed by atoms with Crippen molar-refractivity contribution in [1.29, 1.82) is 0 Å². The van der Waals surface area contributed by atoms with Gasteiger partial charge in [0.2, 0.25) is 0 Å². The molecule has 6 nitrogen and oxygen atoms in total. The van der Waals surface area contributed by atoms with Gasteiger partial charge in [-0.05, 0) is 68.2 Å². The molecule has 4 saturated carbocycles. The second-order valence-electron chi connectivity index (χ2n) is 8.67. The number of anilines is 2. The van der Waals surface area contributed by atoms with Gasteiger partial charge in [-0.1, -0.05) is 0 Å². The highest BCUT2D eigenvalue weighted by atomic mass is 16.7. The lowest BCUT2D eigenvalue weighted by molar-refractivity contribution is -0.260. The van der Waals surface area contributed by atoms with Crippen molar-refractivity contribution in [2.45, 2.75) is 37.9 Å². The Hall–Kier alpha value is -2.76. The van der Waals surface area contributed by atoms with Crippen molar-refractivity contribution in [3.8, 4) is 23.0 Å². The lowest BCUT2D eigenvalue weighted by Gasteiger charge is -2.59. The summed E-state index contributed by atoms with van der Waals surface area (Å²) in [5, 5.41) is 19.5. The van der Waals surface area contributed by atoms with Crippen molar-refractivity contribution in [3.05, 3.63) is 36.4 Å². The van der Waals surface area contributed by atoms with Crippen molar-refractivity contribution >= 4 is 11.4 Å². The molecule has 0 heterocycles. The zero-order valence-electron chi connectivity index (χ0n) is 15.7. The average Bonchev–Trinajstić information content (AvgIpc) is 2.65. The molecule has 6 N–H and O–H groups in total. The second kappa shape index (κ2) is 6.12. The summed E-state index contributed by atoms with van der Waals surface area (Å²) in [4.78, 5) is 0. The summed E-state index contributed by atoms with van der Waals surface area (Å²) >= 11 is 0. The van der Waals surface area contributed by atoms with Gasteiger partial charge >= 0.3 is 0 Å². The molecule has 4 aliphatic rings. The Morgan fingerprint density at radius 3 is 1.54 bits per heavy atom. The van der Waals surface area contributed by atoms with Gasteiger partial charge in [-0.25, -0.2) is 0 Å². The summed E-state index contributed by atoms with van der Waals surface area (Å²) in [5.74, 6) is 2.54. The number of hydrogen-bond donors (Lipinski definition) is 4. The minimum atomic E-state index is -0.791. The first-order chi connectivity index (χ1) is 13.4. The molecule has 2 aromatic carbocycles. The van der Waals surface area contributed by atoms with Gasteiger partial charge in [0.25, 0.3) is 5.79 Å². The van der Waals surface area contributed by atoms with Gasteiger partial charge in [0.1, 0.15) is 23.0 Å². The SMILES string of the molecule is Nc1cc(OC2(Oc3ccc(O)c(N)c3)C3CC4CC(C3)CC2C4)ccc1O. The van der Waals surface area contributed by atoms with E-state index in [1.165, 1.54) is 6.42 Å². The van der Waals surface area contributed by atoms with E-state index in [0.717, 1.165) is 37.5 Å². The molecule has 4 bridgehead atoms. The molecule has 0 aromatic heterocycles. The number of benzene rings is 2. The maximum atomic E-state index is 9.76. The van der Waals surface area contributed by atoms with Crippen LogP contribution in [0.4, 0.5) is 11.4 Å². The normalized spacial score (nSPS) is 29.6. The van der Waals surface area contributed by atoms with Gasteiger partial charge in [-0.15, -0.1) is 0 Å². The Bertz CT molecular complexity index is 830.